The fourth-order valence-corrected chi connectivity index (χ4v) is 4.56. The van der Waals surface area contributed by atoms with E-state index in [4.69, 9.17) is 16.6 Å². The molecular formula is C24H24ClN3O2. The fraction of sp³-hybridized carbons (Fsp3) is 0.333. The van der Waals surface area contributed by atoms with Crippen molar-refractivity contribution in [2.45, 2.75) is 39.5 Å². The van der Waals surface area contributed by atoms with Gasteiger partial charge in [-0.2, -0.15) is 0 Å². The van der Waals surface area contributed by atoms with Crippen LogP contribution in [0.3, 0.4) is 0 Å². The van der Waals surface area contributed by atoms with Crippen LogP contribution >= 0.6 is 11.6 Å². The molecule has 2 aliphatic rings. The number of aryl methyl sites for hydroxylation is 1. The Morgan fingerprint density at radius 2 is 1.83 bits per heavy atom. The zero-order valence-electron chi connectivity index (χ0n) is 17.3. The molecule has 1 N–H and O–H groups in total. The van der Waals surface area contributed by atoms with Crippen LogP contribution in [0.4, 0.5) is 5.82 Å². The van der Waals surface area contributed by atoms with Crippen LogP contribution in [0.5, 0.6) is 0 Å². The Bertz CT molecular complexity index is 1070. The number of halogens is 1. The smallest absolute Gasteiger partial charge is 0.235 e. The third-order valence-corrected chi connectivity index (χ3v) is 6.00. The van der Waals surface area contributed by atoms with E-state index >= 15 is 0 Å². The van der Waals surface area contributed by atoms with Crippen molar-refractivity contribution in [3.05, 3.63) is 70.0 Å². The van der Waals surface area contributed by atoms with Crippen LogP contribution in [-0.4, -0.2) is 22.4 Å². The van der Waals surface area contributed by atoms with Crippen molar-refractivity contribution in [1.29, 1.82) is 0 Å². The van der Waals surface area contributed by atoms with E-state index in [-0.39, 0.29) is 23.5 Å². The largest absolute Gasteiger partial charge is 0.310 e. The van der Waals surface area contributed by atoms with Gasteiger partial charge in [0, 0.05) is 40.0 Å². The lowest BCUT2D eigenvalue weighted by atomic mass is 9.70. The molecule has 0 saturated carbocycles. The van der Waals surface area contributed by atoms with Gasteiger partial charge >= 0.3 is 0 Å². The normalized spacial score (nSPS) is 23.7. The second kappa shape index (κ2) is 8.15. The van der Waals surface area contributed by atoms with Crippen molar-refractivity contribution in [2.75, 3.05) is 5.32 Å². The Labute approximate surface area is 181 Å². The maximum absolute atomic E-state index is 13.4. The molecule has 1 amide bonds. The molecule has 154 valence electrons. The Balaban J connectivity index is 1.78. The number of aromatic nitrogens is 1. The Morgan fingerprint density at radius 3 is 2.53 bits per heavy atom. The van der Waals surface area contributed by atoms with E-state index in [1.165, 1.54) is 0 Å². The number of allylic oxidation sites excluding steroid dienone is 2. The quantitative estimate of drug-likeness (QED) is 0.748. The number of amides is 1. The number of rotatable bonds is 3. The highest BCUT2D eigenvalue weighted by molar-refractivity contribution is 6.30. The highest BCUT2D eigenvalue weighted by Crippen LogP contribution is 2.44. The number of carbonyl (C=O) groups is 2. The first kappa shape index (κ1) is 20.5. The predicted molar refractivity (Wildman–Crippen MR) is 119 cm³/mol. The molecule has 6 heteroatoms. The number of carbonyl (C=O) groups excluding carboxylic acids is 2. The molecule has 0 bridgehead atoms. The lowest BCUT2D eigenvalue weighted by molar-refractivity contribution is -0.119. The maximum Gasteiger partial charge on any atom is 0.235 e. The molecule has 0 fully saturated rings. The zero-order chi connectivity index (χ0) is 21.4. The van der Waals surface area contributed by atoms with Crippen LogP contribution in [-0.2, 0) is 9.59 Å². The second-order valence-electron chi connectivity index (χ2n) is 8.21. The molecule has 2 aromatic rings. The summed E-state index contributed by atoms with van der Waals surface area (Å²) in [6, 6.07) is 12.9. The van der Waals surface area contributed by atoms with Gasteiger partial charge in [-0.05, 0) is 56.0 Å². The van der Waals surface area contributed by atoms with E-state index in [0.717, 1.165) is 23.4 Å². The topological polar surface area (TPSA) is 71.4 Å². The van der Waals surface area contributed by atoms with Gasteiger partial charge in [-0.1, -0.05) is 36.7 Å². The first-order valence-corrected chi connectivity index (χ1v) is 10.5. The third kappa shape index (κ3) is 3.94. The summed E-state index contributed by atoms with van der Waals surface area (Å²) in [5, 5.41) is 3.54. The summed E-state index contributed by atoms with van der Waals surface area (Å²) < 4.78 is 0. The van der Waals surface area contributed by atoms with E-state index in [1.807, 2.05) is 38.1 Å². The minimum absolute atomic E-state index is 0.0754. The molecule has 1 aromatic carbocycles. The van der Waals surface area contributed by atoms with Crippen LogP contribution in [0.15, 0.2) is 58.7 Å². The molecule has 3 atom stereocenters. The summed E-state index contributed by atoms with van der Waals surface area (Å²) in [5.41, 5.74) is 3.90. The number of nitrogens with zero attached hydrogens (tertiary/aromatic N) is 2. The summed E-state index contributed by atoms with van der Waals surface area (Å²) in [6.07, 6.45) is 1.22. The number of nitrogens with one attached hydrogen (secondary N) is 1. The Kier molecular flexibility index (Phi) is 5.56. The molecule has 2 heterocycles. The van der Waals surface area contributed by atoms with E-state index in [9.17, 15) is 9.59 Å². The summed E-state index contributed by atoms with van der Waals surface area (Å²) >= 11 is 6.10. The van der Waals surface area contributed by atoms with E-state index < -0.39 is 5.92 Å². The monoisotopic (exact) mass is 421 g/mol. The molecule has 1 aliphatic carbocycles. The van der Waals surface area contributed by atoms with Gasteiger partial charge in [0.1, 0.15) is 5.82 Å². The Morgan fingerprint density at radius 1 is 1.10 bits per heavy atom. The minimum atomic E-state index is -0.593. The van der Waals surface area contributed by atoms with Crippen LogP contribution in [0.25, 0.3) is 0 Å². The summed E-state index contributed by atoms with van der Waals surface area (Å²) in [7, 11) is 0. The fourth-order valence-electron chi connectivity index (χ4n) is 4.44. The zero-order valence-corrected chi connectivity index (χ0v) is 18.0. The van der Waals surface area contributed by atoms with Crippen LogP contribution in [0, 0.1) is 18.8 Å². The van der Waals surface area contributed by atoms with Crippen LogP contribution < -0.4 is 5.32 Å². The number of hydrogen-bond donors (Lipinski definition) is 1. The van der Waals surface area contributed by atoms with Gasteiger partial charge in [0.2, 0.25) is 5.91 Å². The van der Waals surface area contributed by atoms with Crippen LogP contribution in [0.2, 0.25) is 5.02 Å². The van der Waals surface area contributed by atoms with E-state index in [0.29, 0.717) is 28.5 Å². The van der Waals surface area contributed by atoms with Gasteiger partial charge in [-0.25, -0.2) is 4.98 Å². The van der Waals surface area contributed by atoms with Gasteiger partial charge < -0.3 is 5.32 Å². The molecule has 1 unspecified atom stereocenters. The van der Waals surface area contributed by atoms with E-state index in [1.54, 1.807) is 18.2 Å². The molecular weight excluding hydrogens is 398 g/mol. The number of anilines is 1. The van der Waals surface area contributed by atoms with Crippen LogP contribution in [0.1, 0.15) is 43.9 Å². The van der Waals surface area contributed by atoms with Crippen molar-refractivity contribution < 1.29 is 9.59 Å². The molecule has 5 nitrogen and oxygen atoms in total. The molecule has 1 aromatic heterocycles. The lowest BCUT2D eigenvalue weighted by Gasteiger charge is -2.36. The second-order valence-corrected chi connectivity index (χ2v) is 8.65. The molecule has 0 radical (unpaired) electrons. The highest BCUT2D eigenvalue weighted by Gasteiger charge is 2.43. The molecule has 0 spiro atoms. The average molecular weight is 422 g/mol. The van der Waals surface area contributed by atoms with Crippen molar-refractivity contribution in [3.63, 3.8) is 0 Å². The van der Waals surface area contributed by atoms with E-state index in [2.05, 4.69) is 17.2 Å². The molecule has 30 heavy (non-hydrogen) atoms. The maximum atomic E-state index is 13.4. The van der Waals surface area contributed by atoms with Crippen molar-refractivity contribution in [2.24, 2.45) is 16.8 Å². The van der Waals surface area contributed by atoms with Crippen molar-refractivity contribution in [3.8, 4) is 0 Å². The SMILES string of the molecule is CC1=NC2=C(C(=O)C[C@H](C)C2)[C@@H](c2ccc(Cl)cc2)C1C(=O)Nc1cccc(C)n1. The molecule has 1 aliphatic heterocycles. The number of pyridine rings is 1. The first-order chi connectivity index (χ1) is 14.3. The molecule has 4 rings (SSSR count). The van der Waals surface area contributed by atoms with Gasteiger partial charge in [-0.3, -0.25) is 14.6 Å². The average Bonchev–Trinajstić information content (AvgIpc) is 2.67. The molecule has 0 saturated heterocycles. The van der Waals surface area contributed by atoms with Crippen molar-refractivity contribution >= 4 is 34.8 Å². The number of Topliss-reactive ketones (excluding diaryl/α,β-unsaturated/α-hetero) is 1. The summed E-state index contributed by atoms with van der Waals surface area (Å²) in [6.45, 7) is 5.80. The Hall–Kier alpha value is -2.79. The number of hydrogen-bond acceptors (Lipinski definition) is 4. The van der Waals surface area contributed by atoms with Gasteiger partial charge in [0.25, 0.3) is 0 Å². The number of aliphatic imine (C=N–C) groups is 1. The van der Waals surface area contributed by atoms with Gasteiger partial charge in [-0.15, -0.1) is 0 Å². The number of benzene rings is 1. The predicted octanol–water partition coefficient (Wildman–Crippen LogP) is 5.11. The number of ketones is 1. The minimum Gasteiger partial charge on any atom is -0.310 e. The third-order valence-electron chi connectivity index (χ3n) is 5.74. The van der Waals surface area contributed by atoms with Gasteiger partial charge in [0.15, 0.2) is 5.78 Å². The summed E-state index contributed by atoms with van der Waals surface area (Å²) in [5.74, 6) is -0.380. The first-order valence-electron chi connectivity index (χ1n) is 10.1. The highest BCUT2D eigenvalue weighted by atomic mass is 35.5. The summed E-state index contributed by atoms with van der Waals surface area (Å²) in [4.78, 5) is 35.6. The van der Waals surface area contributed by atoms with Gasteiger partial charge in [0.05, 0.1) is 5.92 Å². The lowest BCUT2D eigenvalue weighted by Crippen LogP contribution is -2.39. The standard InChI is InChI=1S/C24H24ClN3O2/c1-13-11-18-23(19(29)12-13)22(16-7-9-17(25)10-8-16)21(15(3)27-18)24(30)28-20-6-4-5-14(2)26-20/h4-10,13,21-22H,11-12H2,1-3H3,(H,26,28,30)/t13-,21?,22+/m1/s1. The van der Waals surface area contributed by atoms with Crippen molar-refractivity contribution in [1.82, 2.24) is 4.98 Å².